The van der Waals surface area contributed by atoms with Gasteiger partial charge in [-0.25, -0.2) is 0 Å². The van der Waals surface area contributed by atoms with Gasteiger partial charge in [0.05, 0.1) is 6.10 Å². The van der Waals surface area contributed by atoms with Crippen LogP contribution in [0.3, 0.4) is 0 Å². The topological polar surface area (TPSA) is 58.6 Å². The second-order valence-electron chi connectivity index (χ2n) is 5.32. The molecule has 5 nitrogen and oxygen atoms in total. The number of hydrogen-bond donors (Lipinski definition) is 1. The van der Waals surface area contributed by atoms with Crippen molar-refractivity contribution >= 4 is 17.5 Å². The zero-order valence-electron chi connectivity index (χ0n) is 11.8. The standard InChI is InChI=1S/C16H18N2O3/c1-11-13-6-2-3-7-14(13)16(20)18(11)10-15(19)17-9-12-5-4-8-21-12/h2-3,6-7,12H,1,4-5,8-10H2,(H,17,19). The normalized spacial score (nSPS) is 20.8. The first-order valence-electron chi connectivity index (χ1n) is 7.15. The van der Waals surface area contributed by atoms with Crippen molar-refractivity contribution in [3.63, 3.8) is 0 Å². The molecule has 1 aromatic carbocycles. The van der Waals surface area contributed by atoms with Crippen LogP contribution in [0.2, 0.25) is 0 Å². The van der Waals surface area contributed by atoms with E-state index in [1.807, 2.05) is 18.2 Å². The first kappa shape index (κ1) is 13.8. The number of benzene rings is 1. The van der Waals surface area contributed by atoms with Gasteiger partial charge in [0.1, 0.15) is 6.54 Å². The van der Waals surface area contributed by atoms with E-state index in [0.29, 0.717) is 17.8 Å². The summed E-state index contributed by atoms with van der Waals surface area (Å²) in [6, 6.07) is 7.27. The number of hydrogen-bond acceptors (Lipinski definition) is 3. The Bertz CT molecular complexity index is 556. The van der Waals surface area contributed by atoms with Crippen LogP contribution in [0.25, 0.3) is 5.70 Å². The lowest BCUT2D eigenvalue weighted by molar-refractivity contribution is -0.121. The number of fused-ring (bicyclic) bond motifs is 1. The third-order valence-electron chi connectivity index (χ3n) is 3.89. The molecule has 5 heteroatoms. The summed E-state index contributed by atoms with van der Waals surface area (Å²) in [4.78, 5) is 25.7. The quantitative estimate of drug-likeness (QED) is 0.910. The van der Waals surface area contributed by atoms with Gasteiger partial charge in [-0.15, -0.1) is 0 Å². The summed E-state index contributed by atoms with van der Waals surface area (Å²) in [7, 11) is 0. The molecule has 0 spiro atoms. The summed E-state index contributed by atoms with van der Waals surface area (Å²) in [6.07, 6.45) is 2.11. The minimum absolute atomic E-state index is 0.000926. The largest absolute Gasteiger partial charge is 0.376 e. The maximum Gasteiger partial charge on any atom is 0.259 e. The predicted molar refractivity (Wildman–Crippen MR) is 78.5 cm³/mol. The molecule has 0 aliphatic carbocycles. The molecule has 2 amide bonds. The number of nitrogens with zero attached hydrogens (tertiary/aromatic N) is 1. The van der Waals surface area contributed by atoms with Gasteiger partial charge in [0.15, 0.2) is 0 Å². The van der Waals surface area contributed by atoms with Crippen LogP contribution in [-0.4, -0.2) is 42.5 Å². The Hall–Kier alpha value is -2.14. The fourth-order valence-corrected chi connectivity index (χ4v) is 2.73. The fraction of sp³-hybridized carbons (Fsp3) is 0.375. The van der Waals surface area contributed by atoms with E-state index in [-0.39, 0.29) is 24.5 Å². The summed E-state index contributed by atoms with van der Waals surface area (Å²) in [5.74, 6) is -0.351. The second-order valence-corrected chi connectivity index (χ2v) is 5.32. The first-order chi connectivity index (χ1) is 10.2. The highest BCUT2D eigenvalue weighted by Crippen LogP contribution is 2.30. The number of carbonyl (C=O) groups is 2. The summed E-state index contributed by atoms with van der Waals surface area (Å²) in [5, 5.41) is 2.82. The molecule has 0 radical (unpaired) electrons. The van der Waals surface area contributed by atoms with Gasteiger partial charge in [0.25, 0.3) is 5.91 Å². The highest BCUT2D eigenvalue weighted by atomic mass is 16.5. The zero-order valence-corrected chi connectivity index (χ0v) is 11.8. The molecule has 2 aliphatic rings. The van der Waals surface area contributed by atoms with E-state index in [0.717, 1.165) is 25.0 Å². The molecule has 0 bridgehead atoms. The van der Waals surface area contributed by atoms with Crippen LogP contribution in [0.5, 0.6) is 0 Å². The molecule has 2 heterocycles. The van der Waals surface area contributed by atoms with Gasteiger partial charge in [-0.1, -0.05) is 24.8 Å². The summed E-state index contributed by atoms with van der Waals surface area (Å²) in [6.45, 7) is 5.18. The van der Waals surface area contributed by atoms with Crippen LogP contribution in [0.1, 0.15) is 28.8 Å². The summed E-state index contributed by atoms with van der Waals surface area (Å²) >= 11 is 0. The third kappa shape index (κ3) is 2.69. The van der Waals surface area contributed by atoms with E-state index in [4.69, 9.17) is 4.74 Å². The van der Waals surface area contributed by atoms with Crippen LogP contribution in [-0.2, 0) is 9.53 Å². The molecule has 110 valence electrons. The van der Waals surface area contributed by atoms with E-state index in [1.165, 1.54) is 4.90 Å². The number of rotatable bonds is 4. The molecule has 1 saturated heterocycles. The highest BCUT2D eigenvalue weighted by molar-refractivity contribution is 6.10. The van der Waals surface area contributed by atoms with Crippen LogP contribution >= 0.6 is 0 Å². The lowest BCUT2D eigenvalue weighted by Gasteiger charge is -2.18. The second kappa shape index (κ2) is 5.69. The molecule has 21 heavy (non-hydrogen) atoms. The van der Waals surface area contributed by atoms with E-state index in [1.54, 1.807) is 6.07 Å². The molecule has 1 atom stereocenters. The monoisotopic (exact) mass is 286 g/mol. The van der Waals surface area contributed by atoms with Gasteiger partial charge in [-0.05, 0) is 18.9 Å². The molecule has 0 saturated carbocycles. The average molecular weight is 286 g/mol. The van der Waals surface area contributed by atoms with Crippen LogP contribution in [0, 0.1) is 0 Å². The average Bonchev–Trinajstić information content (AvgIpc) is 3.09. The maximum absolute atomic E-state index is 12.3. The Morgan fingerprint density at radius 2 is 2.14 bits per heavy atom. The predicted octanol–water partition coefficient (Wildman–Crippen LogP) is 1.41. The zero-order chi connectivity index (χ0) is 14.8. The molecule has 1 fully saturated rings. The number of ether oxygens (including phenoxy) is 1. The Morgan fingerprint density at radius 1 is 1.38 bits per heavy atom. The van der Waals surface area contributed by atoms with Crippen LogP contribution < -0.4 is 5.32 Å². The maximum atomic E-state index is 12.3. The van der Waals surface area contributed by atoms with Gasteiger partial charge in [-0.2, -0.15) is 0 Å². The Morgan fingerprint density at radius 3 is 2.81 bits per heavy atom. The lowest BCUT2D eigenvalue weighted by atomic mass is 10.1. The number of nitrogens with one attached hydrogen (secondary N) is 1. The molecule has 1 aromatic rings. The lowest BCUT2D eigenvalue weighted by Crippen LogP contribution is -2.39. The Labute approximate surface area is 123 Å². The van der Waals surface area contributed by atoms with Gasteiger partial charge in [-0.3, -0.25) is 14.5 Å². The van der Waals surface area contributed by atoms with Crippen molar-refractivity contribution in [1.82, 2.24) is 10.2 Å². The smallest absolute Gasteiger partial charge is 0.259 e. The Balaban J connectivity index is 1.59. The van der Waals surface area contributed by atoms with Gasteiger partial charge in [0, 0.05) is 30.0 Å². The van der Waals surface area contributed by atoms with Crippen molar-refractivity contribution in [2.75, 3.05) is 19.7 Å². The number of amides is 2. The van der Waals surface area contributed by atoms with Crippen molar-refractivity contribution in [3.05, 3.63) is 42.0 Å². The molecule has 2 aliphatic heterocycles. The van der Waals surface area contributed by atoms with Crippen molar-refractivity contribution in [1.29, 1.82) is 0 Å². The van der Waals surface area contributed by atoms with Crippen LogP contribution in [0.4, 0.5) is 0 Å². The molecule has 3 rings (SSSR count). The minimum Gasteiger partial charge on any atom is -0.376 e. The summed E-state index contributed by atoms with van der Waals surface area (Å²) in [5.41, 5.74) is 1.99. The number of carbonyl (C=O) groups excluding carboxylic acids is 2. The molecular formula is C16H18N2O3. The molecule has 1 unspecified atom stereocenters. The first-order valence-corrected chi connectivity index (χ1v) is 7.15. The van der Waals surface area contributed by atoms with E-state index in [2.05, 4.69) is 11.9 Å². The van der Waals surface area contributed by atoms with E-state index in [9.17, 15) is 9.59 Å². The minimum atomic E-state index is -0.187. The van der Waals surface area contributed by atoms with E-state index >= 15 is 0 Å². The van der Waals surface area contributed by atoms with Gasteiger partial charge < -0.3 is 10.1 Å². The molecular weight excluding hydrogens is 268 g/mol. The van der Waals surface area contributed by atoms with Crippen LogP contribution in [0.15, 0.2) is 30.8 Å². The van der Waals surface area contributed by atoms with Gasteiger partial charge >= 0.3 is 0 Å². The molecule has 0 aromatic heterocycles. The van der Waals surface area contributed by atoms with E-state index < -0.39 is 0 Å². The fourth-order valence-electron chi connectivity index (χ4n) is 2.73. The molecule has 1 N–H and O–H groups in total. The third-order valence-corrected chi connectivity index (χ3v) is 3.89. The highest BCUT2D eigenvalue weighted by Gasteiger charge is 2.31. The summed E-state index contributed by atoms with van der Waals surface area (Å²) < 4.78 is 5.45. The van der Waals surface area contributed by atoms with Crippen molar-refractivity contribution < 1.29 is 14.3 Å². The van der Waals surface area contributed by atoms with Crippen molar-refractivity contribution in [2.24, 2.45) is 0 Å². The Kier molecular flexibility index (Phi) is 3.75. The van der Waals surface area contributed by atoms with Crippen molar-refractivity contribution in [3.8, 4) is 0 Å². The van der Waals surface area contributed by atoms with Crippen molar-refractivity contribution in [2.45, 2.75) is 18.9 Å². The SMILES string of the molecule is C=C1c2ccccc2C(=O)N1CC(=O)NCC1CCCO1. The van der Waals surface area contributed by atoms with Gasteiger partial charge in [0.2, 0.25) is 5.91 Å².